The van der Waals surface area contributed by atoms with Crippen LogP contribution in [0.2, 0.25) is 0 Å². The molecule has 0 atom stereocenters. The zero-order valence-corrected chi connectivity index (χ0v) is 17.6. The molecule has 0 amide bonds. The number of ether oxygens (including phenoxy) is 1. The van der Waals surface area contributed by atoms with Crippen LogP contribution in [0, 0.1) is 6.92 Å². The lowest BCUT2D eigenvalue weighted by Gasteiger charge is -2.23. The fraction of sp³-hybridized carbons (Fsp3) is 0.222. The average molecular weight is 422 g/mol. The van der Waals surface area contributed by atoms with Crippen LogP contribution in [0.15, 0.2) is 57.8 Å². The highest BCUT2D eigenvalue weighted by Crippen LogP contribution is 2.29. The molecule has 0 saturated carbocycles. The predicted octanol–water partition coefficient (Wildman–Crippen LogP) is 3.97. The van der Waals surface area contributed by atoms with Gasteiger partial charge in [0.25, 0.3) is 10.0 Å². The normalized spacial score (nSPS) is 11.4. The fourth-order valence-corrected chi connectivity index (χ4v) is 5.22. The summed E-state index contributed by atoms with van der Waals surface area (Å²) in [6.45, 7) is 2.03. The van der Waals surface area contributed by atoms with Gasteiger partial charge in [-0.3, -0.25) is 4.31 Å². The Hall–Kier alpha value is -2.10. The van der Waals surface area contributed by atoms with Crippen molar-refractivity contribution in [3.8, 4) is 5.75 Å². The van der Waals surface area contributed by atoms with E-state index in [4.69, 9.17) is 4.74 Å². The van der Waals surface area contributed by atoms with Crippen molar-refractivity contribution in [3.63, 3.8) is 0 Å². The van der Waals surface area contributed by atoms with Crippen molar-refractivity contribution in [2.24, 2.45) is 0 Å². The lowest BCUT2D eigenvalue weighted by Crippen LogP contribution is -2.30. The number of hydrogen-bond acceptors (Lipinski definition) is 7. The fourth-order valence-electron chi connectivity index (χ4n) is 2.41. The molecular weight excluding hydrogens is 402 g/mol. The molecule has 0 fully saturated rings. The molecule has 0 bridgehead atoms. The van der Waals surface area contributed by atoms with Gasteiger partial charge in [0.1, 0.15) is 10.8 Å². The first-order valence-electron chi connectivity index (χ1n) is 8.04. The molecule has 0 N–H and O–H groups in total. The van der Waals surface area contributed by atoms with Gasteiger partial charge in [-0.25, -0.2) is 8.42 Å². The largest absolute Gasteiger partial charge is 0.497 e. The molecule has 9 heteroatoms. The molecule has 6 nitrogen and oxygen atoms in total. The molecule has 3 rings (SSSR count). The third-order valence-corrected chi connectivity index (χ3v) is 7.54. The Balaban J connectivity index is 2.03. The van der Waals surface area contributed by atoms with Gasteiger partial charge in [-0.15, -0.1) is 10.2 Å². The molecular formula is C18H19N3O3S3. The van der Waals surface area contributed by atoms with Crippen molar-refractivity contribution in [1.82, 2.24) is 10.2 Å². The standard InChI is InChI=1S/C18H19N3O3S3/c1-13-4-10-16(11-5-13)27(22,23)21(12-17-19-20-18(25-3)26-17)14-6-8-15(24-2)9-7-14/h4-11H,12H2,1-3H3. The van der Waals surface area contributed by atoms with Gasteiger partial charge in [0.2, 0.25) is 0 Å². The number of rotatable bonds is 7. The third kappa shape index (κ3) is 4.42. The van der Waals surface area contributed by atoms with Gasteiger partial charge in [-0.2, -0.15) is 0 Å². The number of sulfonamides is 1. The molecule has 0 aliphatic heterocycles. The SMILES string of the molecule is COc1ccc(N(Cc2nnc(SC)s2)S(=O)(=O)c2ccc(C)cc2)cc1. The van der Waals surface area contributed by atoms with E-state index in [1.54, 1.807) is 55.6 Å². The smallest absolute Gasteiger partial charge is 0.264 e. The molecule has 0 aliphatic carbocycles. The first-order chi connectivity index (χ1) is 12.9. The highest BCUT2D eigenvalue weighted by atomic mass is 32.2. The lowest BCUT2D eigenvalue weighted by atomic mass is 10.2. The Labute approximate surface area is 167 Å². The summed E-state index contributed by atoms with van der Waals surface area (Å²) >= 11 is 2.87. The van der Waals surface area contributed by atoms with Gasteiger partial charge in [-0.1, -0.05) is 40.8 Å². The van der Waals surface area contributed by atoms with E-state index in [1.165, 1.54) is 27.4 Å². The summed E-state index contributed by atoms with van der Waals surface area (Å²) in [6, 6.07) is 13.7. The summed E-state index contributed by atoms with van der Waals surface area (Å²) in [4.78, 5) is 0.235. The molecule has 27 heavy (non-hydrogen) atoms. The number of methoxy groups -OCH3 is 1. The van der Waals surface area contributed by atoms with E-state index in [0.29, 0.717) is 16.4 Å². The number of anilines is 1. The van der Waals surface area contributed by atoms with E-state index in [0.717, 1.165) is 9.90 Å². The minimum absolute atomic E-state index is 0.112. The van der Waals surface area contributed by atoms with Crippen molar-refractivity contribution in [2.75, 3.05) is 17.7 Å². The monoisotopic (exact) mass is 421 g/mol. The quantitative estimate of drug-likeness (QED) is 0.538. The van der Waals surface area contributed by atoms with E-state index in [-0.39, 0.29) is 11.4 Å². The molecule has 1 heterocycles. The molecule has 2 aromatic carbocycles. The van der Waals surface area contributed by atoms with E-state index in [2.05, 4.69) is 10.2 Å². The van der Waals surface area contributed by atoms with Crippen LogP contribution in [0.5, 0.6) is 5.75 Å². The summed E-state index contributed by atoms with van der Waals surface area (Å²) in [5, 5.41) is 8.82. The first-order valence-corrected chi connectivity index (χ1v) is 11.5. The van der Waals surface area contributed by atoms with Gasteiger partial charge in [0.15, 0.2) is 4.34 Å². The van der Waals surface area contributed by atoms with E-state index in [9.17, 15) is 8.42 Å². The summed E-state index contributed by atoms with van der Waals surface area (Å²) in [7, 11) is -2.19. The van der Waals surface area contributed by atoms with Gasteiger partial charge in [-0.05, 0) is 49.6 Å². The molecule has 0 aliphatic rings. The number of thioether (sulfide) groups is 1. The van der Waals surface area contributed by atoms with Gasteiger partial charge in [0.05, 0.1) is 24.2 Å². The van der Waals surface area contributed by atoms with Crippen molar-refractivity contribution >= 4 is 38.8 Å². The van der Waals surface area contributed by atoms with E-state index < -0.39 is 10.0 Å². The molecule has 3 aromatic rings. The van der Waals surface area contributed by atoms with Crippen molar-refractivity contribution < 1.29 is 13.2 Å². The average Bonchev–Trinajstić information content (AvgIpc) is 3.14. The molecule has 0 radical (unpaired) electrons. The van der Waals surface area contributed by atoms with E-state index in [1.807, 2.05) is 13.2 Å². The Morgan fingerprint density at radius 1 is 1.07 bits per heavy atom. The van der Waals surface area contributed by atoms with Crippen LogP contribution in [0.1, 0.15) is 10.6 Å². The zero-order chi connectivity index (χ0) is 19.4. The van der Waals surface area contributed by atoms with Crippen molar-refractivity contribution in [2.45, 2.75) is 22.7 Å². The topological polar surface area (TPSA) is 72.4 Å². The van der Waals surface area contributed by atoms with Gasteiger partial charge >= 0.3 is 0 Å². The summed E-state index contributed by atoms with van der Waals surface area (Å²) in [6.07, 6.45) is 1.91. The summed E-state index contributed by atoms with van der Waals surface area (Å²) in [5.41, 5.74) is 1.54. The highest BCUT2D eigenvalue weighted by Gasteiger charge is 2.26. The van der Waals surface area contributed by atoms with Crippen LogP contribution in [0.25, 0.3) is 0 Å². The molecule has 142 valence electrons. The van der Waals surface area contributed by atoms with Crippen LogP contribution in [-0.4, -0.2) is 32.0 Å². The second kappa shape index (κ2) is 8.28. The van der Waals surface area contributed by atoms with Crippen LogP contribution in [0.4, 0.5) is 5.69 Å². The maximum absolute atomic E-state index is 13.3. The third-order valence-electron chi connectivity index (χ3n) is 3.87. The van der Waals surface area contributed by atoms with Crippen LogP contribution < -0.4 is 9.04 Å². The minimum Gasteiger partial charge on any atom is -0.497 e. The van der Waals surface area contributed by atoms with Crippen LogP contribution in [-0.2, 0) is 16.6 Å². The number of benzene rings is 2. The number of nitrogens with zero attached hydrogens (tertiary/aromatic N) is 3. The maximum Gasteiger partial charge on any atom is 0.264 e. The molecule has 0 unspecified atom stereocenters. The van der Waals surface area contributed by atoms with E-state index >= 15 is 0 Å². The molecule has 0 spiro atoms. The maximum atomic E-state index is 13.3. The zero-order valence-electron chi connectivity index (χ0n) is 15.1. The first kappa shape index (κ1) is 19.7. The lowest BCUT2D eigenvalue weighted by molar-refractivity contribution is 0.415. The second-order valence-corrected chi connectivity index (χ2v) is 9.67. The van der Waals surface area contributed by atoms with Gasteiger partial charge < -0.3 is 4.74 Å². The Bertz CT molecular complexity index is 1000. The second-order valence-electron chi connectivity index (χ2n) is 5.69. The number of hydrogen-bond donors (Lipinski definition) is 0. The predicted molar refractivity (Wildman–Crippen MR) is 109 cm³/mol. The number of aromatic nitrogens is 2. The van der Waals surface area contributed by atoms with Crippen molar-refractivity contribution in [1.29, 1.82) is 0 Å². The van der Waals surface area contributed by atoms with Crippen LogP contribution in [0.3, 0.4) is 0 Å². The van der Waals surface area contributed by atoms with Crippen molar-refractivity contribution in [3.05, 3.63) is 59.1 Å². The molecule has 0 saturated heterocycles. The van der Waals surface area contributed by atoms with Gasteiger partial charge in [0, 0.05) is 0 Å². The highest BCUT2D eigenvalue weighted by molar-refractivity contribution is 8.00. The van der Waals surface area contributed by atoms with Crippen LogP contribution >= 0.6 is 23.1 Å². The number of aryl methyl sites for hydroxylation is 1. The Morgan fingerprint density at radius 2 is 1.74 bits per heavy atom. The minimum atomic E-state index is -3.76. The Morgan fingerprint density at radius 3 is 2.30 bits per heavy atom. The molecule has 1 aromatic heterocycles. The summed E-state index contributed by atoms with van der Waals surface area (Å²) < 4.78 is 34.0. The summed E-state index contributed by atoms with van der Waals surface area (Å²) in [5.74, 6) is 0.659. The Kier molecular flexibility index (Phi) is 6.03.